The Balaban J connectivity index is 1.07. The van der Waals surface area contributed by atoms with E-state index in [9.17, 15) is 9.59 Å². The number of benzene rings is 3. The third-order valence-corrected chi connectivity index (χ3v) is 6.76. The molecule has 0 saturated carbocycles. The van der Waals surface area contributed by atoms with Gasteiger partial charge < -0.3 is 4.42 Å². The summed E-state index contributed by atoms with van der Waals surface area (Å²) in [7, 11) is 0. The summed E-state index contributed by atoms with van der Waals surface area (Å²) in [5, 5.41) is 10.5. The number of unbranched alkanes of at least 4 members (excludes halogenated alkanes) is 2. The van der Waals surface area contributed by atoms with Gasteiger partial charge in [-0.1, -0.05) is 84.9 Å². The molecule has 1 aliphatic heterocycles. The van der Waals surface area contributed by atoms with Gasteiger partial charge in [-0.2, -0.15) is 0 Å². The highest BCUT2D eigenvalue weighted by atomic mass is 32.2. The average molecular weight is 484 g/mol. The summed E-state index contributed by atoms with van der Waals surface area (Å²) in [6.07, 6.45) is 7.26. The van der Waals surface area contributed by atoms with E-state index in [2.05, 4.69) is 34.5 Å². The summed E-state index contributed by atoms with van der Waals surface area (Å²) in [5.74, 6) is 0.953. The number of imide groups is 1. The maximum Gasteiger partial charge on any atom is 0.276 e. The zero-order valence-electron chi connectivity index (χ0n) is 19.2. The number of rotatable bonds is 10. The molecule has 1 aliphatic rings. The van der Waals surface area contributed by atoms with Crippen molar-refractivity contribution in [3.05, 3.63) is 95.4 Å². The first-order valence-electron chi connectivity index (χ1n) is 11.8. The predicted molar refractivity (Wildman–Crippen MR) is 137 cm³/mol. The number of carbonyl (C=O) groups is 2. The number of carbonyl (C=O) groups excluding carboxylic acids is 2. The highest BCUT2D eigenvalue weighted by Gasteiger charge is 2.31. The van der Waals surface area contributed by atoms with Gasteiger partial charge in [-0.3, -0.25) is 14.5 Å². The zero-order chi connectivity index (χ0) is 24.0. The fourth-order valence-corrected chi connectivity index (χ4v) is 4.86. The zero-order valence-corrected chi connectivity index (χ0v) is 20.0. The molecule has 5 rings (SSSR count). The van der Waals surface area contributed by atoms with Gasteiger partial charge in [0, 0.05) is 35.2 Å². The van der Waals surface area contributed by atoms with Gasteiger partial charge in [0.25, 0.3) is 17.0 Å². The SMILES string of the molecule is O=C1c2cccc3cccc(c23)C(=O)N1CCCCCc1nnc(SC/C=C\c2ccccc2)o1. The van der Waals surface area contributed by atoms with Gasteiger partial charge in [0.05, 0.1) is 0 Å². The molecule has 1 aromatic heterocycles. The quantitative estimate of drug-likeness (QED) is 0.156. The summed E-state index contributed by atoms with van der Waals surface area (Å²) in [4.78, 5) is 27.3. The number of aromatic nitrogens is 2. The molecule has 0 N–H and O–H groups in total. The Morgan fingerprint density at radius 3 is 2.31 bits per heavy atom. The van der Waals surface area contributed by atoms with Gasteiger partial charge in [-0.05, 0) is 35.9 Å². The molecule has 7 heteroatoms. The van der Waals surface area contributed by atoms with Gasteiger partial charge in [0.1, 0.15) is 0 Å². The van der Waals surface area contributed by atoms with Crippen LogP contribution in [0.1, 0.15) is 51.4 Å². The summed E-state index contributed by atoms with van der Waals surface area (Å²) in [5.41, 5.74) is 2.37. The van der Waals surface area contributed by atoms with Gasteiger partial charge in [-0.25, -0.2) is 0 Å². The first-order valence-corrected chi connectivity index (χ1v) is 12.7. The number of amides is 2. The molecule has 35 heavy (non-hydrogen) atoms. The Bertz CT molecular complexity index is 1330. The number of hydrogen-bond donors (Lipinski definition) is 0. The smallest absolute Gasteiger partial charge is 0.276 e. The molecule has 176 valence electrons. The topological polar surface area (TPSA) is 76.3 Å². The molecule has 0 unspecified atom stereocenters. The van der Waals surface area contributed by atoms with Crippen molar-refractivity contribution >= 4 is 40.4 Å². The summed E-state index contributed by atoms with van der Waals surface area (Å²) < 4.78 is 5.73. The fourth-order valence-electron chi connectivity index (χ4n) is 4.27. The Hall–Kier alpha value is -3.71. The molecule has 4 aromatic rings. The van der Waals surface area contributed by atoms with Crippen molar-refractivity contribution in [3.8, 4) is 0 Å². The van der Waals surface area contributed by atoms with E-state index in [1.54, 1.807) is 12.1 Å². The van der Waals surface area contributed by atoms with Crippen LogP contribution in [0, 0.1) is 0 Å². The molecule has 2 heterocycles. The van der Waals surface area contributed by atoms with Gasteiger partial charge >= 0.3 is 0 Å². The van der Waals surface area contributed by atoms with E-state index < -0.39 is 0 Å². The van der Waals surface area contributed by atoms with E-state index in [0.29, 0.717) is 35.2 Å². The molecule has 0 spiro atoms. The average Bonchev–Trinajstić information content (AvgIpc) is 3.35. The van der Waals surface area contributed by atoms with E-state index in [1.165, 1.54) is 16.7 Å². The van der Waals surface area contributed by atoms with Crippen LogP contribution in [0.15, 0.2) is 82.4 Å². The number of thioether (sulfide) groups is 1. The van der Waals surface area contributed by atoms with Crippen molar-refractivity contribution in [2.75, 3.05) is 12.3 Å². The number of hydrogen-bond acceptors (Lipinski definition) is 6. The molecule has 0 radical (unpaired) electrons. The largest absolute Gasteiger partial charge is 0.416 e. The lowest BCUT2D eigenvalue weighted by Crippen LogP contribution is -2.40. The van der Waals surface area contributed by atoms with E-state index >= 15 is 0 Å². The van der Waals surface area contributed by atoms with E-state index in [0.717, 1.165) is 41.4 Å². The molecule has 0 fully saturated rings. The van der Waals surface area contributed by atoms with Crippen molar-refractivity contribution in [1.82, 2.24) is 15.1 Å². The molecular weight excluding hydrogens is 458 g/mol. The second kappa shape index (κ2) is 10.7. The Morgan fingerprint density at radius 2 is 1.57 bits per heavy atom. The molecule has 3 aromatic carbocycles. The Morgan fingerprint density at radius 1 is 0.829 bits per heavy atom. The van der Waals surface area contributed by atoms with Crippen molar-refractivity contribution in [1.29, 1.82) is 0 Å². The van der Waals surface area contributed by atoms with E-state index in [4.69, 9.17) is 4.42 Å². The van der Waals surface area contributed by atoms with Gasteiger partial charge in [0.2, 0.25) is 5.89 Å². The number of aryl methyl sites for hydroxylation is 1. The van der Waals surface area contributed by atoms with E-state index in [-0.39, 0.29) is 11.8 Å². The van der Waals surface area contributed by atoms with Crippen LogP contribution in [-0.4, -0.2) is 39.2 Å². The van der Waals surface area contributed by atoms with Crippen LogP contribution in [-0.2, 0) is 6.42 Å². The van der Waals surface area contributed by atoms with Crippen molar-refractivity contribution in [2.24, 2.45) is 0 Å². The lowest BCUT2D eigenvalue weighted by Gasteiger charge is -2.27. The molecule has 2 amide bonds. The summed E-state index contributed by atoms with van der Waals surface area (Å²) in [6.45, 7) is 0.404. The lowest BCUT2D eigenvalue weighted by atomic mass is 9.94. The Labute approximate surface area is 208 Å². The lowest BCUT2D eigenvalue weighted by molar-refractivity contribution is 0.0607. The monoisotopic (exact) mass is 483 g/mol. The molecule has 0 bridgehead atoms. The van der Waals surface area contributed by atoms with Crippen LogP contribution in [0.25, 0.3) is 16.8 Å². The van der Waals surface area contributed by atoms with Crippen LogP contribution < -0.4 is 0 Å². The third kappa shape index (κ3) is 5.20. The van der Waals surface area contributed by atoms with E-state index in [1.807, 2.05) is 42.5 Å². The standard InChI is InChI=1S/C28H25N3O3S/c32-26-22-15-7-13-21-14-8-16-23(25(21)22)27(33)31(26)18-6-2-5-17-24-29-30-28(34-24)35-19-9-12-20-10-3-1-4-11-20/h1,3-4,7-16H,2,5-6,17-19H2/b12-9-. The second-order valence-electron chi connectivity index (χ2n) is 8.37. The summed E-state index contributed by atoms with van der Waals surface area (Å²) >= 11 is 1.51. The molecule has 6 nitrogen and oxygen atoms in total. The second-order valence-corrected chi connectivity index (χ2v) is 9.34. The van der Waals surface area contributed by atoms with Gasteiger partial charge in [0.15, 0.2) is 0 Å². The predicted octanol–water partition coefficient (Wildman–Crippen LogP) is 6.04. The van der Waals surface area contributed by atoms with Crippen LogP contribution in [0.2, 0.25) is 0 Å². The van der Waals surface area contributed by atoms with Crippen LogP contribution in [0.3, 0.4) is 0 Å². The first kappa shape index (κ1) is 23.1. The molecular formula is C28H25N3O3S. The van der Waals surface area contributed by atoms with Gasteiger partial charge in [-0.15, -0.1) is 10.2 Å². The summed E-state index contributed by atoms with van der Waals surface area (Å²) in [6, 6.07) is 21.3. The maximum absolute atomic E-state index is 13.0. The molecule has 0 saturated heterocycles. The van der Waals surface area contributed by atoms with Crippen LogP contribution in [0.4, 0.5) is 0 Å². The minimum absolute atomic E-state index is 0.209. The van der Waals surface area contributed by atoms with Crippen LogP contribution >= 0.6 is 11.8 Å². The molecule has 0 aliphatic carbocycles. The first-order chi connectivity index (χ1) is 17.2. The van der Waals surface area contributed by atoms with Crippen molar-refractivity contribution < 1.29 is 14.0 Å². The Kier molecular flexibility index (Phi) is 7.04. The maximum atomic E-state index is 13.0. The van der Waals surface area contributed by atoms with Crippen LogP contribution in [0.5, 0.6) is 0 Å². The minimum atomic E-state index is -0.209. The minimum Gasteiger partial charge on any atom is -0.416 e. The number of nitrogens with zero attached hydrogens (tertiary/aromatic N) is 3. The fraction of sp³-hybridized carbons (Fsp3) is 0.214. The highest BCUT2D eigenvalue weighted by molar-refractivity contribution is 7.99. The third-order valence-electron chi connectivity index (χ3n) is 5.99. The molecule has 0 atom stereocenters. The van der Waals surface area contributed by atoms with Crippen molar-refractivity contribution in [2.45, 2.75) is 30.9 Å². The van der Waals surface area contributed by atoms with Crippen molar-refractivity contribution in [3.63, 3.8) is 0 Å². The highest BCUT2D eigenvalue weighted by Crippen LogP contribution is 2.30. The normalized spacial score (nSPS) is 13.3.